The summed E-state index contributed by atoms with van der Waals surface area (Å²) in [7, 11) is 0. The van der Waals surface area contributed by atoms with Gasteiger partial charge in [-0.15, -0.1) is 16.4 Å². The molecule has 1 amide bonds. The van der Waals surface area contributed by atoms with Crippen LogP contribution in [0.3, 0.4) is 0 Å². The van der Waals surface area contributed by atoms with Crippen LogP contribution in [0.15, 0.2) is 6.07 Å². The highest BCUT2D eigenvalue weighted by atomic mass is 32.1. The van der Waals surface area contributed by atoms with Crippen molar-refractivity contribution in [1.29, 1.82) is 0 Å². The third-order valence-electron chi connectivity index (χ3n) is 2.15. The fraction of sp³-hybridized carbons (Fsp3) is 0.200. The number of carbonyl (C=O) groups is 2. The number of aromatic amines is 1. The second kappa shape index (κ2) is 4.57. The minimum absolute atomic E-state index is 0.0235. The van der Waals surface area contributed by atoms with Crippen molar-refractivity contribution in [3.8, 4) is 0 Å². The maximum atomic E-state index is 11.7. The summed E-state index contributed by atoms with van der Waals surface area (Å²) in [5.41, 5.74) is 0.606. The van der Waals surface area contributed by atoms with Crippen LogP contribution in [0.5, 0.6) is 0 Å². The number of nitrogens with zero attached hydrogens (tertiary/aromatic N) is 2. The Morgan fingerprint density at radius 3 is 2.67 bits per heavy atom. The first-order chi connectivity index (χ1) is 8.47. The minimum atomic E-state index is -1.01. The van der Waals surface area contributed by atoms with Crippen LogP contribution in [0.2, 0.25) is 0 Å². The Bertz CT molecular complexity index is 616. The SMILES string of the molecule is Cc1nc(C(=O)Nc2cc(C)c(C(=O)O)s2)n[nH]1. The molecule has 7 nitrogen and oxygen atoms in total. The van der Waals surface area contributed by atoms with Crippen molar-refractivity contribution >= 4 is 28.2 Å². The molecule has 0 saturated carbocycles. The van der Waals surface area contributed by atoms with Crippen molar-refractivity contribution in [3.05, 3.63) is 28.2 Å². The molecule has 0 aliphatic heterocycles. The largest absolute Gasteiger partial charge is 0.477 e. The van der Waals surface area contributed by atoms with E-state index in [1.54, 1.807) is 19.9 Å². The molecule has 3 N–H and O–H groups in total. The Balaban J connectivity index is 2.17. The third kappa shape index (κ3) is 2.38. The summed E-state index contributed by atoms with van der Waals surface area (Å²) in [6.45, 7) is 3.36. The number of H-pyrrole nitrogens is 1. The Hall–Kier alpha value is -2.22. The molecule has 94 valence electrons. The zero-order valence-corrected chi connectivity index (χ0v) is 10.5. The Labute approximate surface area is 106 Å². The number of aromatic carboxylic acids is 1. The monoisotopic (exact) mass is 266 g/mol. The molecule has 2 aromatic heterocycles. The molecule has 0 atom stereocenters. The van der Waals surface area contributed by atoms with E-state index in [2.05, 4.69) is 20.5 Å². The summed E-state index contributed by atoms with van der Waals surface area (Å²) in [4.78, 5) is 26.7. The van der Waals surface area contributed by atoms with Gasteiger partial charge in [-0.05, 0) is 25.5 Å². The molecular formula is C10H10N4O3S. The molecule has 0 saturated heterocycles. The highest BCUT2D eigenvalue weighted by Gasteiger charge is 2.16. The van der Waals surface area contributed by atoms with Gasteiger partial charge in [0.25, 0.3) is 5.91 Å². The van der Waals surface area contributed by atoms with Crippen molar-refractivity contribution in [2.45, 2.75) is 13.8 Å². The second-order valence-electron chi connectivity index (χ2n) is 3.63. The van der Waals surface area contributed by atoms with Crippen LogP contribution < -0.4 is 5.32 Å². The number of hydrogen-bond acceptors (Lipinski definition) is 5. The quantitative estimate of drug-likeness (QED) is 0.778. The van der Waals surface area contributed by atoms with Gasteiger partial charge in [-0.3, -0.25) is 9.89 Å². The molecule has 18 heavy (non-hydrogen) atoms. The maximum Gasteiger partial charge on any atom is 0.346 e. The number of carbonyl (C=O) groups excluding carboxylic acids is 1. The fourth-order valence-electron chi connectivity index (χ4n) is 1.37. The number of aromatic nitrogens is 3. The van der Waals surface area contributed by atoms with E-state index in [1.165, 1.54) is 0 Å². The van der Waals surface area contributed by atoms with Crippen molar-refractivity contribution in [1.82, 2.24) is 15.2 Å². The topological polar surface area (TPSA) is 108 Å². The van der Waals surface area contributed by atoms with Crippen molar-refractivity contribution in [2.75, 3.05) is 5.32 Å². The zero-order valence-electron chi connectivity index (χ0n) is 9.64. The van der Waals surface area contributed by atoms with Crippen molar-refractivity contribution in [3.63, 3.8) is 0 Å². The number of thiophene rings is 1. The van der Waals surface area contributed by atoms with Gasteiger partial charge < -0.3 is 10.4 Å². The van der Waals surface area contributed by atoms with E-state index in [1.807, 2.05) is 0 Å². The highest BCUT2D eigenvalue weighted by molar-refractivity contribution is 7.18. The van der Waals surface area contributed by atoms with Crippen LogP contribution >= 0.6 is 11.3 Å². The Kier molecular flexibility index (Phi) is 3.11. The summed E-state index contributed by atoms with van der Waals surface area (Å²) in [6.07, 6.45) is 0. The van der Waals surface area contributed by atoms with E-state index in [0.717, 1.165) is 11.3 Å². The van der Waals surface area contributed by atoms with Crippen LogP contribution in [0, 0.1) is 13.8 Å². The molecule has 0 aliphatic rings. The van der Waals surface area contributed by atoms with E-state index < -0.39 is 11.9 Å². The maximum absolute atomic E-state index is 11.7. The smallest absolute Gasteiger partial charge is 0.346 e. The van der Waals surface area contributed by atoms with Gasteiger partial charge in [0.2, 0.25) is 5.82 Å². The van der Waals surface area contributed by atoms with Gasteiger partial charge in [0.1, 0.15) is 10.7 Å². The summed E-state index contributed by atoms with van der Waals surface area (Å²) in [5.74, 6) is -0.923. The number of anilines is 1. The van der Waals surface area contributed by atoms with E-state index in [0.29, 0.717) is 16.4 Å². The van der Waals surface area contributed by atoms with Crippen molar-refractivity contribution in [2.24, 2.45) is 0 Å². The lowest BCUT2D eigenvalue weighted by atomic mass is 10.3. The number of amides is 1. The molecule has 0 unspecified atom stereocenters. The first-order valence-corrected chi connectivity index (χ1v) is 5.83. The van der Waals surface area contributed by atoms with E-state index in [9.17, 15) is 9.59 Å². The lowest BCUT2D eigenvalue weighted by molar-refractivity contribution is 0.0701. The molecule has 2 heterocycles. The van der Waals surface area contributed by atoms with Crippen LogP contribution in [-0.4, -0.2) is 32.2 Å². The molecule has 2 rings (SSSR count). The molecule has 0 spiro atoms. The van der Waals surface area contributed by atoms with Gasteiger partial charge in [-0.25, -0.2) is 9.78 Å². The van der Waals surface area contributed by atoms with Gasteiger partial charge in [-0.2, -0.15) is 0 Å². The molecule has 0 radical (unpaired) electrons. The van der Waals surface area contributed by atoms with Crippen LogP contribution in [0.1, 0.15) is 31.7 Å². The van der Waals surface area contributed by atoms with Gasteiger partial charge in [0, 0.05) is 0 Å². The van der Waals surface area contributed by atoms with Crippen LogP contribution in [0.25, 0.3) is 0 Å². The van der Waals surface area contributed by atoms with E-state index >= 15 is 0 Å². The molecule has 2 aromatic rings. The molecule has 0 aromatic carbocycles. The summed E-state index contributed by atoms with van der Waals surface area (Å²) in [5, 5.41) is 18.2. The third-order valence-corrected chi connectivity index (χ3v) is 3.29. The standard InChI is InChI=1S/C10H10N4O3S/c1-4-3-6(18-7(4)10(16)17)12-9(15)8-11-5(2)13-14-8/h3H,1-2H3,(H,12,15)(H,16,17)(H,11,13,14). The van der Waals surface area contributed by atoms with Crippen LogP contribution in [-0.2, 0) is 0 Å². The normalized spacial score (nSPS) is 10.3. The first-order valence-electron chi connectivity index (χ1n) is 5.01. The molecule has 0 aliphatic carbocycles. The number of hydrogen-bond donors (Lipinski definition) is 3. The van der Waals surface area contributed by atoms with Crippen molar-refractivity contribution < 1.29 is 14.7 Å². The fourth-order valence-corrected chi connectivity index (χ4v) is 2.27. The van der Waals surface area contributed by atoms with E-state index in [-0.39, 0.29) is 10.7 Å². The van der Waals surface area contributed by atoms with Gasteiger partial charge >= 0.3 is 5.97 Å². The summed E-state index contributed by atoms with van der Waals surface area (Å²) >= 11 is 1.00. The van der Waals surface area contributed by atoms with E-state index in [4.69, 9.17) is 5.11 Å². The molecule has 0 fully saturated rings. The zero-order chi connectivity index (χ0) is 13.3. The average Bonchev–Trinajstić information content (AvgIpc) is 2.85. The Morgan fingerprint density at radius 1 is 1.44 bits per heavy atom. The van der Waals surface area contributed by atoms with Crippen LogP contribution in [0.4, 0.5) is 5.00 Å². The molecular weight excluding hydrogens is 256 g/mol. The summed E-state index contributed by atoms with van der Waals surface area (Å²) in [6, 6.07) is 1.60. The minimum Gasteiger partial charge on any atom is -0.477 e. The molecule has 8 heteroatoms. The molecule has 0 bridgehead atoms. The number of carboxylic acids is 1. The highest BCUT2D eigenvalue weighted by Crippen LogP contribution is 2.26. The first kappa shape index (κ1) is 12.2. The van der Waals surface area contributed by atoms with Gasteiger partial charge in [0.15, 0.2) is 0 Å². The average molecular weight is 266 g/mol. The second-order valence-corrected chi connectivity index (χ2v) is 4.68. The lowest BCUT2D eigenvalue weighted by Gasteiger charge is -1.96. The predicted octanol–water partition coefficient (Wildman–Crippen LogP) is 1.43. The summed E-state index contributed by atoms with van der Waals surface area (Å²) < 4.78 is 0. The number of carboxylic acid groups (broad SMARTS) is 1. The predicted molar refractivity (Wildman–Crippen MR) is 65.1 cm³/mol. The number of aryl methyl sites for hydroxylation is 2. The number of nitrogens with one attached hydrogen (secondary N) is 2. The number of rotatable bonds is 3. The van der Waals surface area contributed by atoms with Gasteiger partial charge in [-0.1, -0.05) is 0 Å². The lowest BCUT2D eigenvalue weighted by Crippen LogP contribution is -2.12. The Morgan fingerprint density at radius 2 is 2.17 bits per heavy atom. The van der Waals surface area contributed by atoms with Gasteiger partial charge in [0.05, 0.1) is 5.00 Å².